The highest BCUT2D eigenvalue weighted by atomic mass is 16.4. The van der Waals surface area contributed by atoms with Gasteiger partial charge in [0.15, 0.2) is 0 Å². The molecule has 21 heavy (non-hydrogen) atoms. The van der Waals surface area contributed by atoms with Gasteiger partial charge in [-0.2, -0.15) is 0 Å². The summed E-state index contributed by atoms with van der Waals surface area (Å²) in [5.41, 5.74) is 0.689. The average molecular weight is 288 g/mol. The first-order valence-corrected chi connectivity index (χ1v) is 7.30. The van der Waals surface area contributed by atoms with Crippen LogP contribution in [0, 0.1) is 0 Å². The predicted octanol–water partition coefficient (Wildman–Crippen LogP) is 2.35. The number of nitrogens with zero attached hydrogens (tertiary/aromatic N) is 2. The number of aryl methyl sites for hydroxylation is 1. The summed E-state index contributed by atoms with van der Waals surface area (Å²) >= 11 is 0. The third kappa shape index (κ3) is 2.74. The van der Waals surface area contributed by atoms with E-state index in [1.807, 2.05) is 34.8 Å². The van der Waals surface area contributed by atoms with Gasteiger partial charge in [0.1, 0.15) is 17.6 Å². The van der Waals surface area contributed by atoms with Crippen LogP contribution in [0.25, 0.3) is 0 Å². The van der Waals surface area contributed by atoms with E-state index in [0.29, 0.717) is 17.9 Å². The Balaban J connectivity index is 1.71. The van der Waals surface area contributed by atoms with E-state index in [2.05, 4.69) is 0 Å². The van der Waals surface area contributed by atoms with Crippen molar-refractivity contribution in [2.45, 2.75) is 31.4 Å². The third-order valence-electron chi connectivity index (χ3n) is 4.17. The topological polar surface area (TPSA) is 58.6 Å². The summed E-state index contributed by atoms with van der Waals surface area (Å²) in [6.45, 7) is 0.750. The molecule has 1 amide bonds. The fourth-order valence-corrected chi connectivity index (χ4v) is 3.03. The fraction of sp³-hybridized carbons (Fsp3) is 0.438. The molecule has 2 aromatic rings. The van der Waals surface area contributed by atoms with Crippen molar-refractivity contribution < 1.29 is 14.3 Å². The van der Waals surface area contributed by atoms with Crippen LogP contribution in [0.4, 0.5) is 0 Å². The number of likely N-dealkylation sites (tertiary alicyclic amines) is 1. The minimum absolute atomic E-state index is 0.0386. The van der Waals surface area contributed by atoms with Gasteiger partial charge in [-0.3, -0.25) is 4.79 Å². The number of aromatic nitrogens is 1. The second-order valence-corrected chi connectivity index (χ2v) is 5.57. The maximum Gasteiger partial charge on any atom is 0.270 e. The Bertz CT molecular complexity index is 603. The number of carbonyl (C=O) groups excluding carboxylic acids is 1. The Labute approximate surface area is 123 Å². The molecule has 1 fully saturated rings. The van der Waals surface area contributed by atoms with Gasteiger partial charge in [-0.05, 0) is 37.1 Å². The quantitative estimate of drug-likeness (QED) is 0.939. The average Bonchev–Trinajstić information content (AvgIpc) is 3.19. The van der Waals surface area contributed by atoms with Gasteiger partial charge >= 0.3 is 0 Å². The van der Waals surface area contributed by atoms with E-state index in [4.69, 9.17) is 4.42 Å². The molecule has 0 aromatic carbocycles. The molecule has 1 aliphatic rings. The molecule has 0 aliphatic carbocycles. The zero-order valence-electron chi connectivity index (χ0n) is 12.1. The standard InChI is InChI=1S/C16H20N2O3/c1-17-8-3-6-13(17)16(20)18-9-2-5-12(18)11-14(19)15-7-4-10-21-15/h3-4,6-8,10,12,14,19H,2,5,9,11H2,1H3. The van der Waals surface area contributed by atoms with Crippen molar-refractivity contribution in [3.8, 4) is 0 Å². The molecule has 0 bridgehead atoms. The van der Waals surface area contributed by atoms with Gasteiger partial charge in [0, 0.05) is 32.3 Å². The van der Waals surface area contributed by atoms with Crippen molar-refractivity contribution in [1.82, 2.24) is 9.47 Å². The zero-order valence-corrected chi connectivity index (χ0v) is 12.1. The Morgan fingerprint density at radius 1 is 1.48 bits per heavy atom. The van der Waals surface area contributed by atoms with Crippen LogP contribution in [0.2, 0.25) is 0 Å². The van der Waals surface area contributed by atoms with E-state index < -0.39 is 6.10 Å². The summed E-state index contributed by atoms with van der Waals surface area (Å²) in [6, 6.07) is 7.30. The van der Waals surface area contributed by atoms with Crippen molar-refractivity contribution in [2.75, 3.05) is 6.54 Å². The normalized spacial score (nSPS) is 19.9. The van der Waals surface area contributed by atoms with Crippen LogP contribution in [0.5, 0.6) is 0 Å². The lowest BCUT2D eigenvalue weighted by molar-refractivity contribution is 0.0633. The van der Waals surface area contributed by atoms with Gasteiger partial charge in [0.05, 0.1) is 6.26 Å². The first-order chi connectivity index (χ1) is 10.2. The highest BCUT2D eigenvalue weighted by Gasteiger charge is 2.32. The Kier molecular flexibility index (Phi) is 3.84. The van der Waals surface area contributed by atoms with Crippen LogP contribution in [0.3, 0.4) is 0 Å². The van der Waals surface area contributed by atoms with Crippen molar-refractivity contribution in [3.63, 3.8) is 0 Å². The van der Waals surface area contributed by atoms with E-state index in [-0.39, 0.29) is 11.9 Å². The zero-order chi connectivity index (χ0) is 14.8. The number of amides is 1. The summed E-state index contributed by atoms with van der Waals surface area (Å²) in [6.07, 6.45) is 5.19. The molecule has 2 atom stereocenters. The van der Waals surface area contributed by atoms with Gasteiger partial charge in [-0.25, -0.2) is 0 Å². The lowest BCUT2D eigenvalue weighted by Gasteiger charge is -2.26. The first-order valence-electron chi connectivity index (χ1n) is 7.30. The van der Waals surface area contributed by atoms with E-state index in [9.17, 15) is 9.90 Å². The molecule has 3 rings (SSSR count). The van der Waals surface area contributed by atoms with Crippen LogP contribution in [0.1, 0.15) is 41.6 Å². The molecule has 0 radical (unpaired) electrons. The monoisotopic (exact) mass is 288 g/mol. The number of hydrogen-bond donors (Lipinski definition) is 1. The molecule has 1 saturated heterocycles. The Hall–Kier alpha value is -2.01. The van der Waals surface area contributed by atoms with E-state index in [1.54, 1.807) is 18.4 Å². The SMILES string of the molecule is Cn1cccc1C(=O)N1CCCC1CC(O)c1ccco1. The molecule has 1 aliphatic heterocycles. The molecule has 2 unspecified atom stereocenters. The molecule has 1 N–H and O–H groups in total. The van der Waals surface area contributed by atoms with Crippen LogP contribution in [0.15, 0.2) is 41.1 Å². The number of rotatable bonds is 4. The van der Waals surface area contributed by atoms with Crippen LogP contribution >= 0.6 is 0 Å². The number of carbonyl (C=O) groups is 1. The molecule has 2 aromatic heterocycles. The maximum absolute atomic E-state index is 12.6. The minimum atomic E-state index is -0.660. The van der Waals surface area contributed by atoms with Gasteiger partial charge in [-0.15, -0.1) is 0 Å². The van der Waals surface area contributed by atoms with Crippen LogP contribution in [-0.4, -0.2) is 33.1 Å². The van der Waals surface area contributed by atoms with Gasteiger partial charge in [-0.1, -0.05) is 0 Å². The molecule has 5 nitrogen and oxygen atoms in total. The number of aliphatic hydroxyl groups excluding tert-OH is 1. The molecule has 112 valence electrons. The van der Waals surface area contributed by atoms with Gasteiger partial charge < -0.3 is 19.0 Å². The maximum atomic E-state index is 12.6. The molecule has 0 spiro atoms. The van der Waals surface area contributed by atoms with E-state index in [1.165, 1.54) is 0 Å². The van der Waals surface area contributed by atoms with Gasteiger partial charge in [0.2, 0.25) is 0 Å². The van der Waals surface area contributed by atoms with E-state index in [0.717, 1.165) is 19.4 Å². The Morgan fingerprint density at radius 3 is 3.00 bits per heavy atom. The Morgan fingerprint density at radius 2 is 2.33 bits per heavy atom. The van der Waals surface area contributed by atoms with Gasteiger partial charge in [0.25, 0.3) is 5.91 Å². The summed E-state index contributed by atoms with van der Waals surface area (Å²) < 4.78 is 7.07. The van der Waals surface area contributed by atoms with E-state index >= 15 is 0 Å². The second kappa shape index (κ2) is 5.77. The number of furan rings is 1. The minimum Gasteiger partial charge on any atom is -0.467 e. The van der Waals surface area contributed by atoms with Crippen LogP contribution < -0.4 is 0 Å². The molecule has 3 heterocycles. The molecule has 5 heteroatoms. The van der Waals surface area contributed by atoms with Crippen molar-refractivity contribution in [2.24, 2.45) is 7.05 Å². The summed E-state index contributed by atoms with van der Waals surface area (Å²) in [7, 11) is 1.87. The van der Waals surface area contributed by atoms with Crippen LogP contribution in [-0.2, 0) is 7.05 Å². The lowest BCUT2D eigenvalue weighted by atomic mass is 10.0. The third-order valence-corrected chi connectivity index (χ3v) is 4.17. The molecular weight excluding hydrogens is 268 g/mol. The second-order valence-electron chi connectivity index (χ2n) is 5.57. The lowest BCUT2D eigenvalue weighted by Crippen LogP contribution is -2.37. The first kappa shape index (κ1) is 13.9. The number of hydrogen-bond acceptors (Lipinski definition) is 3. The highest BCUT2D eigenvalue weighted by molar-refractivity contribution is 5.93. The van der Waals surface area contributed by atoms with Crippen molar-refractivity contribution >= 4 is 5.91 Å². The fourth-order valence-electron chi connectivity index (χ4n) is 3.03. The highest BCUT2D eigenvalue weighted by Crippen LogP contribution is 2.28. The molecule has 0 saturated carbocycles. The summed E-state index contributed by atoms with van der Waals surface area (Å²) in [4.78, 5) is 14.5. The van der Waals surface area contributed by atoms with Crippen molar-refractivity contribution in [1.29, 1.82) is 0 Å². The number of aliphatic hydroxyl groups is 1. The summed E-state index contributed by atoms with van der Waals surface area (Å²) in [5, 5.41) is 10.2. The largest absolute Gasteiger partial charge is 0.467 e. The predicted molar refractivity (Wildman–Crippen MR) is 77.8 cm³/mol. The molecular formula is C16H20N2O3. The smallest absolute Gasteiger partial charge is 0.270 e. The summed E-state index contributed by atoms with van der Waals surface area (Å²) in [5.74, 6) is 0.602. The van der Waals surface area contributed by atoms with Crippen molar-refractivity contribution in [3.05, 3.63) is 48.2 Å².